The number of hydrogen-bond acceptors (Lipinski definition) is 5. The molecule has 0 spiro atoms. The van der Waals surface area contributed by atoms with Crippen LogP contribution in [0.2, 0.25) is 0 Å². The van der Waals surface area contributed by atoms with Crippen LogP contribution in [0.1, 0.15) is 15.1 Å². The van der Waals surface area contributed by atoms with Crippen molar-refractivity contribution in [2.24, 2.45) is 0 Å². The van der Waals surface area contributed by atoms with Crippen molar-refractivity contribution in [1.82, 2.24) is 15.0 Å². The number of nitrogens with zero attached hydrogens (tertiary/aromatic N) is 3. The molecule has 0 aliphatic heterocycles. The van der Waals surface area contributed by atoms with Crippen molar-refractivity contribution >= 4 is 53.4 Å². The number of aromatic nitrogens is 3. The van der Waals surface area contributed by atoms with E-state index in [1.165, 1.54) is 0 Å². The summed E-state index contributed by atoms with van der Waals surface area (Å²) in [5.74, 6) is 0.420. The lowest BCUT2D eigenvalue weighted by atomic mass is 10.0. The fourth-order valence-electron chi connectivity index (χ4n) is 6.14. The Bertz CT molecular complexity index is 3470. The summed E-state index contributed by atoms with van der Waals surface area (Å²) < 4.78 is 105. The molecule has 50 heavy (non-hydrogen) atoms. The number of benzene rings is 7. The van der Waals surface area contributed by atoms with Gasteiger partial charge in [-0.1, -0.05) is 127 Å². The van der Waals surface area contributed by atoms with E-state index in [9.17, 15) is 5.48 Å². The highest BCUT2D eigenvalue weighted by atomic mass is 32.1. The molecule has 234 valence electrons. The molecule has 0 unspecified atom stereocenters. The van der Waals surface area contributed by atoms with E-state index in [1.54, 1.807) is 11.3 Å². The fraction of sp³-hybridized carbons (Fsp3) is 0. The van der Waals surface area contributed by atoms with Crippen molar-refractivity contribution in [2.45, 2.75) is 0 Å². The molecular formula is C45H27N3OS. The Labute approximate surface area is 307 Å². The molecule has 10 aromatic rings. The molecule has 0 fully saturated rings. The Morgan fingerprint density at radius 3 is 2.00 bits per heavy atom. The summed E-state index contributed by atoms with van der Waals surface area (Å²) in [5.41, 5.74) is 1.65. The third-order valence-electron chi connectivity index (χ3n) is 8.51. The molecule has 0 amide bonds. The minimum atomic E-state index is -0.683. The first-order valence-electron chi connectivity index (χ1n) is 21.2. The smallest absolute Gasteiger partial charge is 0.164 e. The van der Waals surface area contributed by atoms with Crippen LogP contribution in [0.3, 0.4) is 0 Å². The van der Waals surface area contributed by atoms with E-state index in [4.69, 9.17) is 29.0 Å². The van der Waals surface area contributed by atoms with E-state index >= 15 is 0 Å². The SMILES string of the molecule is [2H]c1c([2H])c([2H])c(-c2c([2H])c([2H])c3oc4c([2H])c(-c5nc(-c6ccc(-c7ccccc7)cc6)nc(-c6cccc7sc8ccccc8c67)n5)c([2H])c([2H])c4c3c2[2H])c([2H])c1[2H]. The summed E-state index contributed by atoms with van der Waals surface area (Å²) in [6.07, 6.45) is 0. The first-order chi connectivity index (χ1) is 29.3. The molecule has 0 atom stereocenters. The highest BCUT2D eigenvalue weighted by Gasteiger charge is 2.18. The highest BCUT2D eigenvalue weighted by molar-refractivity contribution is 7.25. The van der Waals surface area contributed by atoms with Crippen LogP contribution in [-0.4, -0.2) is 15.0 Å². The molecule has 0 radical (unpaired) electrons. The van der Waals surface area contributed by atoms with Gasteiger partial charge in [-0.05, 0) is 58.6 Å². The van der Waals surface area contributed by atoms with Crippen molar-refractivity contribution in [1.29, 1.82) is 0 Å². The van der Waals surface area contributed by atoms with Crippen molar-refractivity contribution in [3.05, 3.63) is 164 Å². The van der Waals surface area contributed by atoms with Crippen molar-refractivity contribution in [3.8, 4) is 56.4 Å². The van der Waals surface area contributed by atoms with Gasteiger partial charge < -0.3 is 4.42 Å². The minimum Gasteiger partial charge on any atom is -0.456 e. The molecular weight excluding hydrogens is 631 g/mol. The van der Waals surface area contributed by atoms with Gasteiger partial charge in [0.25, 0.3) is 0 Å². The number of rotatable bonds is 5. The zero-order valence-corrected chi connectivity index (χ0v) is 26.7. The summed E-state index contributed by atoms with van der Waals surface area (Å²) >= 11 is 1.63. The van der Waals surface area contributed by atoms with Crippen molar-refractivity contribution in [3.63, 3.8) is 0 Å². The third-order valence-corrected chi connectivity index (χ3v) is 9.65. The van der Waals surface area contributed by atoms with Crippen LogP contribution in [0.15, 0.2) is 168 Å². The fourth-order valence-corrected chi connectivity index (χ4v) is 7.28. The largest absolute Gasteiger partial charge is 0.456 e. The molecule has 0 N–H and O–H groups in total. The number of hydrogen-bond donors (Lipinski definition) is 0. The van der Waals surface area contributed by atoms with Crippen LogP contribution in [0, 0.1) is 0 Å². The lowest BCUT2D eigenvalue weighted by molar-refractivity contribution is 0.669. The van der Waals surface area contributed by atoms with Crippen molar-refractivity contribution in [2.75, 3.05) is 0 Å². The molecule has 0 saturated carbocycles. The predicted molar refractivity (Wildman–Crippen MR) is 207 cm³/mol. The highest BCUT2D eigenvalue weighted by Crippen LogP contribution is 2.40. The van der Waals surface area contributed by atoms with Gasteiger partial charge in [-0.25, -0.2) is 15.0 Å². The van der Waals surface area contributed by atoms with Gasteiger partial charge in [-0.3, -0.25) is 0 Å². The van der Waals surface area contributed by atoms with Gasteiger partial charge in [-0.15, -0.1) is 11.3 Å². The second kappa shape index (κ2) is 11.6. The first-order valence-corrected chi connectivity index (χ1v) is 16.5. The van der Waals surface area contributed by atoms with Gasteiger partial charge in [0, 0.05) is 47.6 Å². The molecule has 10 rings (SSSR count). The van der Waals surface area contributed by atoms with Gasteiger partial charge in [-0.2, -0.15) is 0 Å². The first kappa shape index (κ1) is 19.5. The second-order valence-electron chi connectivity index (χ2n) is 11.5. The predicted octanol–water partition coefficient (Wildman–Crippen LogP) is 12.5. The van der Waals surface area contributed by atoms with Crippen molar-refractivity contribution < 1.29 is 19.5 Å². The van der Waals surface area contributed by atoms with E-state index in [-0.39, 0.29) is 45.0 Å². The minimum absolute atomic E-state index is 0.0901. The Hall–Kier alpha value is -6.43. The van der Waals surface area contributed by atoms with Gasteiger partial charge in [0.2, 0.25) is 0 Å². The van der Waals surface area contributed by atoms with E-state index < -0.39 is 77.6 Å². The Morgan fingerprint density at radius 1 is 0.440 bits per heavy atom. The van der Waals surface area contributed by atoms with Crippen LogP contribution < -0.4 is 0 Å². The molecule has 3 heterocycles. The molecule has 7 aromatic carbocycles. The summed E-state index contributed by atoms with van der Waals surface area (Å²) in [6, 6.07) is 24.9. The zero-order chi connectivity index (χ0) is 42.6. The summed E-state index contributed by atoms with van der Waals surface area (Å²) in [7, 11) is 0. The molecule has 3 aromatic heterocycles. The lowest BCUT2D eigenvalue weighted by Gasteiger charge is -2.10. The van der Waals surface area contributed by atoms with Gasteiger partial charge >= 0.3 is 0 Å². The zero-order valence-electron chi connectivity index (χ0n) is 36.9. The Balaban J connectivity index is 1.24. The van der Waals surface area contributed by atoms with Crippen LogP contribution in [0.4, 0.5) is 0 Å². The molecule has 0 bridgehead atoms. The summed E-state index contributed by atoms with van der Waals surface area (Å²) in [6.45, 7) is 0. The average molecular weight is 669 g/mol. The quantitative estimate of drug-likeness (QED) is 0.183. The molecule has 4 nitrogen and oxygen atoms in total. The van der Waals surface area contributed by atoms with Gasteiger partial charge in [0.15, 0.2) is 17.5 Å². The molecule has 0 aliphatic carbocycles. The Morgan fingerprint density at radius 2 is 1.14 bits per heavy atom. The third kappa shape index (κ3) is 4.87. The maximum Gasteiger partial charge on any atom is 0.164 e. The topological polar surface area (TPSA) is 51.8 Å². The van der Waals surface area contributed by atoms with E-state index in [1.807, 2.05) is 97.1 Å². The maximum atomic E-state index is 9.50. The average Bonchev–Trinajstić information content (AvgIpc) is 3.88. The standard InChI is InChI=1S/C45H27N3OS/c1-3-10-28(11-4-1)30-18-20-31(21-19-30)43-46-44(48-45(47-43)36-15-9-17-41-42(36)35-14-7-8-16-40(35)50-41)33-22-24-34-37-26-32(29-12-5-2-6-13-29)23-25-38(37)49-39(34)27-33/h1-27H/i2D,5D,6D,12D,13D,22D,23D,24D,25D,26D,27D. The van der Waals surface area contributed by atoms with Gasteiger partial charge in [0.05, 0.1) is 15.1 Å². The normalized spacial score (nSPS) is 14.7. The summed E-state index contributed by atoms with van der Waals surface area (Å²) in [5, 5.41) is 1.54. The number of thiophene rings is 1. The molecule has 0 aliphatic rings. The molecule has 5 heteroatoms. The van der Waals surface area contributed by atoms with E-state index in [0.717, 1.165) is 31.3 Å². The van der Waals surface area contributed by atoms with Crippen LogP contribution in [0.25, 0.3) is 98.5 Å². The van der Waals surface area contributed by atoms with Crippen LogP contribution >= 0.6 is 11.3 Å². The Kier molecular flexibility index (Phi) is 4.54. The number of furan rings is 1. The lowest BCUT2D eigenvalue weighted by Crippen LogP contribution is -2.00. The van der Waals surface area contributed by atoms with Gasteiger partial charge in [0.1, 0.15) is 11.2 Å². The van der Waals surface area contributed by atoms with Crippen LogP contribution in [-0.2, 0) is 0 Å². The molecule has 0 saturated heterocycles. The monoisotopic (exact) mass is 668 g/mol. The van der Waals surface area contributed by atoms with Crippen LogP contribution in [0.5, 0.6) is 0 Å². The summed E-state index contributed by atoms with van der Waals surface area (Å²) in [4.78, 5) is 14.7. The maximum absolute atomic E-state index is 9.50. The van der Waals surface area contributed by atoms with E-state index in [0.29, 0.717) is 11.1 Å². The second-order valence-corrected chi connectivity index (χ2v) is 12.6. The van der Waals surface area contributed by atoms with E-state index in [2.05, 4.69) is 0 Å². The number of fused-ring (bicyclic) bond motifs is 6.